The van der Waals surface area contributed by atoms with Gasteiger partial charge in [-0.05, 0) is 43.8 Å². The Morgan fingerprint density at radius 1 is 1.41 bits per heavy atom. The van der Waals surface area contributed by atoms with Crippen LogP contribution >= 0.6 is 11.6 Å². The molecule has 0 radical (unpaired) electrons. The van der Waals surface area contributed by atoms with Crippen molar-refractivity contribution in [3.63, 3.8) is 0 Å². The molecule has 0 saturated carbocycles. The van der Waals surface area contributed by atoms with Gasteiger partial charge in [-0.1, -0.05) is 31.5 Å². The quantitative estimate of drug-likeness (QED) is 0.764. The summed E-state index contributed by atoms with van der Waals surface area (Å²) in [6.45, 7) is 7.98. The summed E-state index contributed by atoms with van der Waals surface area (Å²) in [4.78, 5) is 6.61. The summed E-state index contributed by atoms with van der Waals surface area (Å²) in [5.74, 6) is 1.72. The van der Waals surface area contributed by atoms with E-state index in [1.54, 1.807) is 6.20 Å². The van der Waals surface area contributed by atoms with E-state index in [-0.39, 0.29) is 0 Å². The molecule has 1 aromatic rings. The van der Waals surface area contributed by atoms with Crippen LogP contribution in [0.4, 0.5) is 0 Å². The van der Waals surface area contributed by atoms with Gasteiger partial charge in [0.25, 0.3) is 0 Å². The maximum Gasteiger partial charge on any atom is 0.133 e. The Labute approximate surface area is 109 Å². The van der Waals surface area contributed by atoms with Gasteiger partial charge in [-0.2, -0.15) is 0 Å². The number of halogens is 1. The summed E-state index contributed by atoms with van der Waals surface area (Å²) in [7, 11) is 0. The molecule has 1 fully saturated rings. The largest absolute Gasteiger partial charge is 0.299 e. The van der Waals surface area contributed by atoms with E-state index in [9.17, 15) is 0 Å². The van der Waals surface area contributed by atoms with Gasteiger partial charge in [-0.15, -0.1) is 0 Å². The van der Waals surface area contributed by atoms with Gasteiger partial charge in [0, 0.05) is 18.3 Å². The molecule has 1 aliphatic heterocycles. The molecular weight excluding hydrogens is 232 g/mol. The Hall–Kier alpha value is -0.600. The fraction of sp³-hybridized carbons (Fsp3) is 0.643. The second kappa shape index (κ2) is 5.83. The number of nitrogens with zero attached hydrogens (tertiary/aromatic N) is 2. The van der Waals surface area contributed by atoms with E-state index in [2.05, 4.69) is 29.8 Å². The SMILES string of the molecule is CC(C)C1CCN(Cc2cccnc2Cl)CC1. The van der Waals surface area contributed by atoms with Gasteiger partial charge in [-0.25, -0.2) is 4.98 Å². The number of aromatic nitrogens is 1. The van der Waals surface area contributed by atoms with Crippen LogP contribution in [-0.2, 0) is 6.54 Å². The summed E-state index contributed by atoms with van der Waals surface area (Å²) >= 11 is 6.08. The van der Waals surface area contributed by atoms with E-state index >= 15 is 0 Å². The van der Waals surface area contributed by atoms with E-state index in [1.165, 1.54) is 25.9 Å². The first-order chi connectivity index (χ1) is 8.16. The summed E-state index contributed by atoms with van der Waals surface area (Å²) < 4.78 is 0. The van der Waals surface area contributed by atoms with Crippen molar-refractivity contribution in [1.29, 1.82) is 0 Å². The Balaban J connectivity index is 1.88. The van der Waals surface area contributed by atoms with E-state index in [1.807, 2.05) is 6.07 Å². The second-order valence-electron chi connectivity index (χ2n) is 5.31. The molecular formula is C14H21ClN2. The number of hydrogen-bond acceptors (Lipinski definition) is 2. The van der Waals surface area contributed by atoms with Crippen molar-refractivity contribution in [2.45, 2.75) is 33.2 Å². The average molecular weight is 253 g/mol. The van der Waals surface area contributed by atoms with Crippen molar-refractivity contribution in [2.75, 3.05) is 13.1 Å². The molecule has 3 heteroatoms. The van der Waals surface area contributed by atoms with E-state index < -0.39 is 0 Å². The summed E-state index contributed by atoms with van der Waals surface area (Å²) in [6.07, 6.45) is 4.38. The maximum atomic E-state index is 6.08. The molecule has 0 bridgehead atoms. The zero-order valence-corrected chi connectivity index (χ0v) is 11.5. The minimum absolute atomic E-state index is 0.651. The first-order valence-electron chi connectivity index (χ1n) is 6.48. The third-order valence-corrected chi connectivity index (χ3v) is 4.15. The molecule has 94 valence electrons. The highest BCUT2D eigenvalue weighted by Crippen LogP contribution is 2.26. The van der Waals surface area contributed by atoms with Crippen LogP contribution in [0.15, 0.2) is 18.3 Å². The lowest BCUT2D eigenvalue weighted by atomic mass is 9.86. The molecule has 0 atom stereocenters. The van der Waals surface area contributed by atoms with Gasteiger partial charge in [-0.3, -0.25) is 4.90 Å². The number of hydrogen-bond donors (Lipinski definition) is 0. The summed E-state index contributed by atoms with van der Waals surface area (Å²) in [6, 6.07) is 4.03. The lowest BCUT2D eigenvalue weighted by molar-refractivity contribution is 0.152. The Kier molecular flexibility index (Phi) is 4.41. The molecule has 1 saturated heterocycles. The molecule has 2 nitrogen and oxygen atoms in total. The van der Waals surface area contributed by atoms with Crippen molar-refractivity contribution in [2.24, 2.45) is 11.8 Å². The molecule has 0 spiro atoms. The lowest BCUT2D eigenvalue weighted by Crippen LogP contribution is -2.34. The average Bonchev–Trinajstić information content (AvgIpc) is 2.33. The van der Waals surface area contributed by atoms with Gasteiger partial charge in [0.1, 0.15) is 5.15 Å². The summed E-state index contributed by atoms with van der Waals surface area (Å²) in [5.41, 5.74) is 1.15. The first kappa shape index (κ1) is 12.8. The second-order valence-corrected chi connectivity index (χ2v) is 5.67. The molecule has 0 N–H and O–H groups in total. The highest BCUT2D eigenvalue weighted by Gasteiger charge is 2.21. The highest BCUT2D eigenvalue weighted by atomic mass is 35.5. The Morgan fingerprint density at radius 2 is 2.12 bits per heavy atom. The van der Waals surface area contributed by atoms with Crippen LogP contribution in [-0.4, -0.2) is 23.0 Å². The standard InChI is InChI=1S/C14H21ClN2/c1-11(2)12-5-8-17(9-6-12)10-13-4-3-7-16-14(13)15/h3-4,7,11-12H,5-6,8-10H2,1-2H3. The van der Waals surface area contributed by atoms with Crippen LogP contribution in [0.5, 0.6) is 0 Å². The third kappa shape index (κ3) is 3.43. The molecule has 2 heterocycles. The van der Waals surface area contributed by atoms with Crippen LogP contribution in [0.25, 0.3) is 0 Å². The van der Waals surface area contributed by atoms with Crippen LogP contribution < -0.4 is 0 Å². The Bertz CT molecular complexity index is 357. The minimum atomic E-state index is 0.651. The smallest absolute Gasteiger partial charge is 0.133 e. The van der Waals surface area contributed by atoms with Gasteiger partial charge in [0.05, 0.1) is 0 Å². The zero-order chi connectivity index (χ0) is 12.3. The van der Waals surface area contributed by atoms with Crippen molar-refractivity contribution in [1.82, 2.24) is 9.88 Å². The lowest BCUT2D eigenvalue weighted by Gasteiger charge is -2.33. The molecule has 2 rings (SSSR count). The van der Waals surface area contributed by atoms with Crippen LogP contribution in [0.3, 0.4) is 0 Å². The van der Waals surface area contributed by atoms with E-state index in [0.717, 1.165) is 23.9 Å². The van der Waals surface area contributed by atoms with Gasteiger partial charge in [0.2, 0.25) is 0 Å². The highest BCUT2D eigenvalue weighted by molar-refractivity contribution is 6.30. The monoisotopic (exact) mass is 252 g/mol. The topological polar surface area (TPSA) is 16.1 Å². The molecule has 1 aromatic heterocycles. The Morgan fingerprint density at radius 3 is 2.71 bits per heavy atom. The molecule has 0 aromatic carbocycles. The number of pyridine rings is 1. The van der Waals surface area contributed by atoms with Crippen LogP contribution in [0.2, 0.25) is 5.15 Å². The normalized spacial score (nSPS) is 18.8. The zero-order valence-electron chi connectivity index (χ0n) is 10.7. The van der Waals surface area contributed by atoms with Crippen molar-refractivity contribution in [3.8, 4) is 0 Å². The first-order valence-corrected chi connectivity index (χ1v) is 6.86. The number of piperidine rings is 1. The number of likely N-dealkylation sites (tertiary alicyclic amines) is 1. The van der Waals surface area contributed by atoms with Gasteiger partial charge in [0.15, 0.2) is 0 Å². The van der Waals surface area contributed by atoms with E-state index in [0.29, 0.717) is 5.15 Å². The predicted octanol–water partition coefficient (Wildman–Crippen LogP) is 3.60. The van der Waals surface area contributed by atoms with Gasteiger partial charge < -0.3 is 0 Å². The number of rotatable bonds is 3. The maximum absolute atomic E-state index is 6.08. The predicted molar refractivity (Wildman–Crippen MR) is 72.1 cm³/mol. The van der Waals surface area contributed by atoms with Gasteiger partial charge >= 0.3 is 0 Å². The summed E-state index contributed by atoms with van der Waals surface area (Å²) in [5, 5.41) is 0.651. The fourth-order valence-corrected chi connectivity index (χ4v) is 2.73. The molecule has 0 amide bonds. The molecule has 1 aliphatic rings. The van der Waals surface area contributed by atoms with Crippen molar-refractivity contribution in [3.05, 3.63) is 29.0 Å². The van der Waals surface area contributed by atoms with Crippen LogP contribution in [0.1, 0.15) is 32.3 Å². The minimum Gasteiger partial charge on any atom is -0.299 e. The van der Waals surface area contributed by atoms with Crippen molar-refractivity contribution < 1.29 is 0 Å². The van der Waals surface area contributed by atoms with Crippen molar-refractivity contribution >= 4 is 11.6 Å². The third-order valence-electron chi connectivity index (χ3n) is 3.81. The molecule has 17 heavy (non-hydrogen) atoms. The fourth-order valence-electron chi connectivity index (χ4n) is 2.56. The van der Waals surface area contributed by atoms with Crippen LogP contribution in [0, 0.1) is 11.8 Å². The molecule has 0 unspecified atom stereocenters. The van der Waals surface area contributed by atoms with E-state index in [4.69, 9.17) is 11.6 Å². The molecule has 0 aliphatic carbocycles.